The maximum Gasteiger partial charge on any atom is 0.212 e. The van der Waals surface area contributed by atoms with Crippen LogP contribution in [0.1, 0.15) is 21.6 Å². The Morgan fingerprint density at radius 3 is 2.82 bits per heavy atom. The highest BCUT2D eigenvalue weighted by molar-refractivity contribution is 7.13. The van der Waals surface area contributed by atoms with Gasteiger partial charge in [0.2, 0.25) is 5.78 Å². The predicted molar refractivity (Wildman–Crippen MR) is 66.2 cm³/mol. The van der Waals surface area contributed by atoms with Crippen LogP contribution in [-0.4, -0.2) is 17.8 Å². The first-order chi connectivity index (χ1) is 8.11. The molecule has 0 aliphatic rings. The minimum Gasteiger partial charge on any atom is -0.365 e. The summed E-state index contributed by atoms with van der Waals surface area (Å²) in [4.78, 5) is 16.2. The molecular weight excluding hydrogens is 239 g/mol. The van der Waals surface area contributed by atoms with Crippen molar-refractivity contribution in [1.82, 2.24) is 4.98 Å². The zero-order valence-corrected chi connectivity index (χ0v) is 10.3. The Bertz CT molecular complexity index is 565. The highest BCUT2D eigenvalue weighted by Gasteiger charge is 2.13. The molecule has 3 nitrogen and oxygen atoms in total. The van der Waals surface area contributed by atoms with Crippen LogP contribution in [0.3, 0.4) is 0 Å². The van der Waals surface area contributed by atoms with Crippen LogP contribution in [0.15, 0.2) is 23.6 Å². The number of hydrogen-bond donors (Lipinski definition) is 1. The second-order valence-corrected chi connectivity index (χ2v) is 4.44. The van der Waals surface area contributed by atoms with Crippen LogP contribution in [0.4, 0.5) is 9.52 Å². The number of rotatable bonds is 3. The van der Waals surface area contributed by atoms with Crippen molar-refractivity contribution in [1.29, 1.82) is 0 Å². The number of carbonyl (C=O) groups excluding carboxylic acids is 1. The van der Waals surface area contributed by atoms with Gasteiger partial charge in [0, 0.05) is 18.0 Å². The van der Waals surface area contributed by atoms with Gasteiger partial charge in [0.25, 0.3) is 0 Å². The highest BCUT2D eigenvalue weighted by Crippen LogP contribution is 2.18. The van der Waals surface area contributed by atoms with Crippen LogP contribution in [0.25, 0.3) is 0 Å². The minimum atomic E-state index is -0.309. The highest BCUT2D eigenvalue weighted by atomic mass is 32.1. The van der Waals surface area contributed by atoms with Crippen molar-refractivity contribution in [3.05, 3.63) is 46.2 Å². The number of carbonyl (C=O) groups is 1. The zero-order valence-electron chi connectivity index (χ0n) is 9.45. The Morgan fingerprint density at radius 1 is 1.47 bits per heavy atom. The molecule has 0 amide bonds. The first-order valence-electron chi connectivity index (χ1n) is 5.06. The minimum absolute atomic E-state index is 0.189. The number of aromatic nitrogens is 1. The molecule has 2 rings (SSSR count). The van der Waals surface area contributed by atoms with E-state index in [-0.39, 0.29) is 11.6 Å². The van der Waals surface area contributed by atoms with E-state index in [2.05, 4.69) is 10.3 Å². The van der Waals surface area contributed by atoms with Crippen molar-refractivity contribution >= 4 is 22.3 Å². The van der Waals surface area contributed by atoms with Crippen LogP contribution < -0.4 is 5.32 Å². The number of benzene rings is 1. The van der Waals surface area contributed by atoms with Gasteiger partial charge in [-0.25, -0.2) is 9.37 Å². The second kappa shape index (κ2) is 4.63. The summed E-state index contributed by atoms with van der Waals surface area (Å²) in [6.45, 7) is 1.63. The van der Waals surface area contributed by atoms with E-state index in [4.69, 9.17) is 0 Å². The van der Waals surface area contributed by atoms with Crippen LogP contribution in [0.5, 0.6) is 0 Å². The molecule has 1 heterocycles. The smallest absolute Gasteiger partial charge is 0.212 e. The van der Waals surface area contributed by atoms with Gasteiger partial charge in [0.05, 0.1) is 0 Å². The average Bonchev–Trinajstić information content (AvgIpc) is 2.80. The zero-order chi connectivity index (χ0) is 12.4. The van der Waals surface area contributed by atoms with E-state index < -0.39 is 0 Å². The van der Waals surface area contributed by atoms with E-state index in [1.165, 1.54) is 29.5 Å². The van der Waals surface area contributed by atoms with Crippen LogP contribution >= 0.6 is 11.3 Å². The maximum atomic E-state index is 13.1. The lowest BCUT2D eigenvalue weighted by Gasteiger charge is -2.00. The van der Waals surface area contributed by atoms with Crippen molar-refractivity contribution in [3.63, 3.8) is 0 Å². The first-order valence-corrected chi connectivity index (χ1v) is 5.94. The van der Waals surface area contributed by atoms with Crippen molar-refractivity contribution in [2.75, 3.05) is 12.4 Å². The second-order valence-electron chi connectivity index (χ2n) is 3.58. The van der Waals surface area contributed by atoms with Gasteiger partial charge in [-0.05, 0) is 30.7 Å². The largest absolute Gasteiger partial charge is 0.365 e. The molecule has 88 valence electrons. The summed E-state index contributed by atoms with van der Waals surface area (Å²) < 4.78 is 13.1. The molecule has 1 N–H and O–H groups in total. The Morgan fingerprint density at radius 2 is 2.24 bits per heavy atom. The van der Waals surface area contributed by atoms with Crippen molar-refractivity contribution < 1.29 is 9.18 Å². The molecule has 5 heteroatoms. The van der Waals surface area contributed by atoms with Gasteiger partial charge in [-0.2, -0.15) is 0 Å². The van der Waals surface area contributed by atoms with Gasteiger partial charge >= 0.3 is 0 Å². The van der Waals surface area contributed by atoms with E-state index in [0.29, 0.717) is 22.0 Å². The molecule has 0 saturated heterocycles. The third-order valence-electron chi connectivity index (χ3n) is 2.37. The molecule has 1 aromatic heterocycles. The summed E-state index contributed by atoms with van der Waals surface area (Å²) in [5.41, 5.74) is 1.29. The molecular formula is C12H11FN2OS. The molecule has 0 aliphatic heterocycles. The van der Waals surface area contributed by atoms with E-state index in [1.807, 2.05) is 0 Å². The fraction of sp³-hybridized carbons (Fsp3) is 0.167. The van der Waals surface area contributed by atoms with E-state index in [0.717, 1.165) is 0 Å². The van der Waals surface area contributed by atoms with Gasteiger partial charge in [0.1, 0.15) is 11.5 Å². The summed E-state index contributed by atoms with van der Waals surface area (Å²) in [5, 5.41) is 5.24. The third-order valence-corrected chi connectivity index (χ3v) is 3.23. The molecule has 0 atom stereocenters. The van der Waals surface area contributed by atoms with E-state index in [9.17, 15) is 9.18 Å². The quantitative estimate of drug-likeness (QED) is 0.852. The predicted octanol–water partition coefficient (Wildman–Crippen LogP) is 2.86. The van der Waals surface area contributed by atoms with Gasteiger partial charge in [0.15, 0.2) is 5.13 Å². The van der Waals surface area contributed by atoms with Crippen molar-refractivity contribution in [2.24, 2.45) is 0 Å². The summed E-state index contributed by atoms with van der Waals surface area (Å²) >= 11 is 1.36. The standard InChI is InChI=1S/C12H11FN2OS/c1-7-5-8(3-4-9(7)13)11(16)10-6-17-12(14-2)15-10/h3-6H,1-2H3,(H,14,15). The molecule has 0 spiro atoms. The first kappa shape index (κ1) is 11.7. The van der Waals surface area contributed by atoms with Gasteiger partial charge < -0.3 is 5.32 Å². The monoisotopic (exact) mass is 250 g/mol. The normalized spacial score (nSPS) is 10.3. The van der Waals surface area contributed by atoms with Crippen molar-refractivity contribution in [3.8, 4) is 0 Å². The molecule has 0 aliphatic carbocycles. The lowest BCUT2D eigenvalue weighted by molar-refractivity contribution is 0.103. The fourth-order valence-corrected chi connectivity index (χ4v) is 2.08. The lowest BCUT2D eigenvalue weighted by Crippen LogP contribution is -2.03. The molecule has 2 aromatic rings. The topological polar surface area (TPSA) is 42.0 Å². The van der Waals surface area contributed by atoms with E-state index >= 15 is 0 Å². The number of ketones is 1. The molecule has 17 heavy (non-hydrogen) atoms. The number of thiazole rings is 1. The summed E-state index contributed by atoms with van der Waals surface area (Å²) in [6, 6.07) is 4.31. The SMILES string of the molecule is CNc1nc(C(=O)c2ccc(F)c(C)c2)cs1. The summed E-state index contributed by atoms with van der Waals surface area (Å²) in [5.74, 6) is -0.499. The molecule has 1 aromatic carbocycles. The van der Waals surface area contributed by atoms with Crippen molar-refractivity contribution in [2.45, 2.75) is 6.92 Å². The lowest BCUT2D eigenvalue weighted by atomic mass is 10.1. The molecule has 0 fully saturated rings. The third kappa shape index (κ3) is 2.34. The van der Waals surface area contributed by atoms with Crippen LogP contribution in [0.2, 0.25) is 0 Å². The van der Waals surface area contributed by atoms with Gasteiger partial charge in [-0.1, -0.05) is 0 Å². The molecule has 0 radical (unpaired) electrons. The number of halogens is 1. The molecule has 0 saturated carbocycles. The maximum absolute atomic E-state index is 13.1. The number of nitrogens with zero attached hydrogens (tertiary/aromatic N) is 1. The number of nitrogens with one attached hydrogen (secondary N) is 1. The Kier molecular flexibility index (Phi) is 3.19. The Hall–Kier alpha value is -1.75. The molecule has 0 unspecified atom stereocenters. The molecule has 0 bridgehead atoms. The summed E-state index contributed by atoms with van der Waals surface area (Å²) in [6.07, 6.45) is 0. The van der Waals surface area contributed by atoms with Crippen LogP contribution in [-0.2, 0) is 0 Å². The van der Waals surface area contributed by atoms with Gasteiger partial charge in [-0.3, -0.25) is 4.79 Å². The Labute approximate surface area is 102 Å². The van der Waals surface area contributed by atoms with Gasteiger partial charge in [-0.15, -0.1) is 11.3 Å². The van der Waals surface area contributed by atoms with E-state index in [1.54, 1.807) is 19.4 Å². The Balaban J connectivity index is 2.33. The average molecular weight is 250 g/mol. The number of hydrogen-bond acceptors (Lipinski definition) is 4. The number of anilines is 1. The summed E-state index contributed by atoms with van der Waals surface area (Å²) in [7, 11) is 1.75. The number of aryl methyl sites for hydroxylation is 1. The fourth-order valence-electron chi connectivity index (χ4n) is 1.43. The van der Waals surface area contributed by atoms with Crippen LogP contribution in [0, 0.1) is 12.7 Å².